The Morgan fingerprint density at radius 2 is 1.23 bits per heavy atom. The second-order valence-corrected chi connectivity index (χ2v) is 6.26. The van der Waals surface area contributed by atoms with Crippen molar-refractivity contribution in [1.29, 1.82) is 0 Å². The highest BCUT2D eigenvalue weighted by Crippen LogP contribution is 2.11. The van der Waals surface area contributed by atoms with E-state index in [1.54, 1.807) is 0 Å². The van der Waals surface area contributed by atoms with Gasteiger partial charge in [0.15, 0.2) is 9.84 Å². The SMILES string of the molecule is CCC(C)CS(=O)(=O)CC(C)CC. The molecular weight excluding hydrogens is 184 g/mol. The molecule has 0 radical (unpaired) electrons. The molecule has 13 heavy (non-hydrogen) atoms. The molecular formula is C10H22O2S. The maximum absolute atomic E-state index is 11.6. The van der Waals surface area contributed by atoms with Crippen molar-refractivity contribution in [3.63, 3.8) is 0 Å². The summed E-state index contributed by atoms with van der Waals surface area (Å²) < 4.78 is 23.1. The molecule has 0 rings (SSSR count). The summed E-state index contributed by atoms with van der Waals surface area (Å²) in [5.74, 6) is 1.31. The number of hydrogen-bond donors (Lipinski definition) is 0. The van der Waals surface area contributed by atoms with E-state index in [1.807, 2.05) is 27.7 Å². The molecule has 80 valence electrons. The van der Waals surface area contributed by atoms with E-state index < -0.39 is 9.84 Å². The van der Waals surface area contributed by atoms with Crippen LogP contribution in [-0.2, 0) is 9.84 Å². The van der Waals surface area contributed by atoms with E-state index >= 15 is 0 Å². The molecule has 2 nitrogen and oxygen atoms in total. The Morgan fingerprint density at radius 3 is 1.46 bits per heavy atom. The number of rotatable bonds is 6. The van der Waals surface area contributed by atoms with Gasteiger partial charge in [-0.2, -0.15) is 0 Å². The van der Waals surface area contributed by atoms with Crippen molar-refractivity contribution in [2.24, 2.45) is 11.8 Å². The molecule has 0 saturated heterocycles. The van der Waals surface area contributed by atoms with E-state index in [0.717, 1.165) is 12.8 Å². The first-order chi connectivity index (χ1) is 5.91. The van der Waals surface area contributed by atoms with Crippen molar-refractivity contribution in [2.75, 3.05) is 11.5 Å². The molecule has 0 saturated carbocycles. The minimum atomic E-state index is -2.80. The van der Waals surface area contributed by atoms with E-state index in [0.29, 0.717) is 23.3 Å². The maximum atomic E-state index is 11.6. The first kappa shape index (κ1) is 12.9. The van der Waals surface area contributed by atoms with Gasteiger partial charge in [0, 0.05) is 0 Å². The molecule has 0 aromatic rings. The quantitative estimate of drug-likeness (QED) is 0.669. The summed E-state index contributed by atoms with van der Waals surface area (Å²) in [6, 6.07) is 0. The Kier molecular flexibility index (Phi) is 5.61. The van der Waals surface area contributed by atoms with Gasteiger partial charge < -0.3 is 0 Å². The van der Waals surface area contributed by atoms with Crippen LogP contribution in [0.3, 0.4) is 0 Å². The van der Waals surface area contributed by atoms with Gasteiger partial charge >= 0.3 is 0 Å². The monoisotopic (exact) mass is 206 g/mol. The van der Waals surface area contributed by atoms with Gasteiger partial charge in [0.2, 0.25) is 0 Å². The fourth-order valence-corrected chi connectivity index (χ4v) is 3.51. The Hall–Kier alpha value is -0.0500. The first-order valence-corrected chi connectivity index (χ1v) is 6.93. The highest BCUT2D eigenvalue weighted by molar-refractivity contribution is 7.91. The van der Waals surface area contributed by atoms with Crippen LogP contribution in [0.25, 0.3) is 0 Å². The predicted molar refractivity (Wildman–Crippen MR) is 57.6 cm³/mol. The fraction of sp³-hybridized carbons (Fsp3) is 1.00. The molecule has 2 atom stereocenters. The molecule has 0 spiro atoms. The standard InChI is InChI=1S/C10H22O2S/c1-5-9(3)7-13(11,12)8-10(4)6-2/h9-10H,5-8H2,1-4H3. The molecule has 0 bridgehead atoms. The largest absolute Gasteiger partial charge is 0.229 e. The summed E-state index contributed by atoms with van der Waals surface area (Å²) in [4.78, 5) is 0. The van der Waals surface area contributed by atoms with Crippen LogP contribution in [0.1, 0.15) is 40.5 Å². The lowest BCUT2D eigenvalue weighted by Gasteiger charge is -2.12. The summed E-state index contributed by atoms with van der Waals surface area (Å²) in [5.41, 5.74) is 0. The summed E-state index contributed by atoms with van der Waals surface area (Å²) in [6.07, 6.45) is 1.89. The average Bonchev–Trinajstić information content (AvgIpc) is 2.02. The van der Waals surface area contributed by atoms with Gasteiger partial charge in [-0.1, -0.05) is 40.5 Å². The van der Waals surface area contributed by atoms with Crippen molar-refractivity contribution >= 4 is 9.84 Å². The topological polar surface area (TPSA) is 34.1 Å². The molecule has 0 fully saturated rings. The second-order valence-electron chi connectivity index (χ2n) is 4.10. The van der Waals surface area contributed by atoms with Gasteiger partial charge in [-0.25, -0.2) is 8.42 Å². The van der Waals surface area contributed by atoms with Crippen LogP contribution in [0.5, 0.6) is 0 Å². The van der Waals surface area contributed by atoms with E-state index in [1.165, 1.54) is 0 Å². The molecule has 2 unspecified atom stereocenters. The van der Waals surface area contributed by atoms with Crippen molar-refractivity contribution in [3.8, 4) is 0 Å². The Labute approximate surface area is 82.6 Å². The number of sulfone groups is 1. The Bertz CT molecular complexity index is 201. The summed E-state index contributed by atoms with van der Waals surface area (Å²) in [5, 5.41) is 0. The van der Waals surface area contributed by atoms with Crippen LogP contribution in [-0.4, -0.2) is 19.9 Å². The van der Waals surface area contributed by atoms with E-state index in [2.05, 4.69) is 0 Å². The maximum Gasteiger partial charge on any atom is 0.150 e. The van der Waals surface area contributed by atoms with E-state index in [-0.39, 0.29) is 0 Å². The molecule has 3 heteroatoms. The van der Waals surface area contributed by atoms with Gasteiger partial charge in [0.25, 0.3) is 0 Å². The zero-order valence-electron chi connectivity index (χ0n) is 9.21. The normalized spacial score (nSPS) is 16.9. The minimum Gasteiger partial charge on any atom is -0.229 e. The predicted octanol–water partition coefficient (Wildman–Crippen LogP) is 2.49. The highest BCUT2D eigenvalue weighted by Gasteiger charge is 2.17. The Morgan fingerprint density at radius 1 is 0.923 bits per heavy atom. The van der Waals surface area contributed by atoms with E-state index in [9.17, 15) is 8.42 Å². The zero-order chi connectivity index (χ0) is 10.5. The van der Waals surface area contributed by atoms with Gasteiger partial charge in [0.1, 0.15) is 0 Å². The van der Waals surface area contributed by atoms with Crippen LogP contribution < -0.4 is 0 Å². The second kappa shape index (κ2) is 5.63. The van der Waals surface area contributed by atoms with Crippen molar-refractivity contribution in [1.82, 2.24) is 0 Å². The molecule has 0 aliphatic carbocycles. The third-order valence-electron chi connectivity index (χ3n) is 2.47. The fourth-order valence-electron chi connectivity index (χ4n) is 1.17. The van der Waals surface area contributed by atoms with Crippen LogP contribution in [0.2, 0.25) is 0 Å². The van der Waals surface area contributed by atoms with Crippen molar-refractivity contribution < 1.29 is 8.42 Å². The molecule has 0 amide bonds. The molecule has 0 aliphatic heterocycles. The first-order valence-electron chi connectivity index (χ1n) is 5.11. The lowest BCUT2D eigenvalue weighted by Crippen LogP contribution is -2.20. The average molecular weight is 206 g/mol. The molecule has 0 N–H and O–H groups in total. The van der Waals surface area contributed by atoms with Crippen LogP contribution in [0, 0.1) is 11.8 Å². The lowest BCUT2D eigenvalue weighted by atomic mass is 10.2. The van der Waals surface area contributed by atoms with E-state index in [4.69, 9.17) is 0 Å². The summed E-state index contributed by atoms with van der Waals surface area (Å²) >= 11 is 0. The summed E-state index contributed by atoms with van der Waals surface area (Å²) in [6.45, 7) is 8.05. The lowest BCUT2D eigenvalue weighted by molar-refractivity contribution is 0.543. The molecule has 0 aromatic carbocycles. The summed E-state index contributed by atoms with van der Waals surface area (Å²) in [7, 11) is -2.80. The van der Waals surface area contributed by atoms with Crippen molar-refractivity contribution in [3.05, 3.63) is 0 Å². The third-order valence-corrected chi connectivity index (χ3v) is 4.62. The number of hydrogen-bond acceptors (Lipinski definition) is 2. The van der Waals surface area contributed by atoms with Gasteiger partial charge in [-0.3, -0.25) is 0 Å². The van der Waals surface area contributed by atoms with Gasteiger partial charge in [-0.05, 0) is 11.8 Å². The smallest absolute Gasteiger partial charge is 0.150 e. The Balaban J connectivity index is 4.09. The van der Waals surface area contributed by atoms with Gasteiger partial charge in [-0.15, -0.1) is 0 Å². The molecule has 0 heterocycles. The highest BCUT2D eigenvalue weighted by atomic mass is 32.2. The molecule has 0 aliphatic rings. The minimum absolute atomic E-state index is 0.300. The van der Waals surface area contributed by atoms with Crippen LogP contribution in [0.15, 0.2) is 0 Å². The van der Waals surface area contributed by atoms with Crippen LogP contribution >= 0.6 is 0 Å². The zero-order valence-corrected chi connectivity index (χ0v) is 10.0. The molecule has 0 aromatic heterocycles. The van der Waals surface area contributed by atoms with Crippen LogP contribution in [0.4, 0.5) is 0 Å². The van der Waals surface area contributed by atoms with Gasteiger partial charge in [0.05, 0.1) is 11.5 Å². The third kappa shape index (κ3) is 6.08. The van der Waals surface area contributed by atoms with Crippen molar-refractivity contribution in [2.45, 2.75) is 40.5 Å².